The average molecular weight is 337 g/mol. The summed E-state index contributed by atoms with van der Waals surface area (Å²) >= 11 is 0. The van der Waals surface area contributed by atoms with E-state index in [-0.39, 0.29) is 5.69 Å². The minimum absolute atomic E-state index is 0.348. The highest BCUT2D eigenvalue weighted by Crippen LogP contribution is 2.13. The van der Waals surface area contributed by atoms with Gasteiger partial charge in [-0.1, -0.05) is 5.16 Å². The zero-order chi connectivity index (χ0) is 17.1. The van der Waals surface area contributed by atoms with E-state index in [1.54, 1.807) is 6.92 Å². The van der Waals surface area contributed by atoms with Crippen LogP contribution in [0.3, 0.4) is 0 Å². The second-order valence-electron chi connectivity index (χ2n) is 5.64. The van der Waals surface area contributed by atoms with Crippen molar-refractivity contribution in [3.63, 3.8) is 0 Å². The molecule has 0 unspecified atom stereocenters. The second kappa shape index (κ2) is 7.00. The van der Waals surface area contributed by atoms with Crippen LogP contribution in [0, 0.1) is 18.6 Å². The molecule has 0 spiro atoms. The summed E-state index contributed by atoms with van der Waals surface area (Å²) in [5.74, 6) is -1.16. The van der Waals surface area contributed by atoms with Gasteiger partial charge in [0.05, 0.1) is 12.7 Å². The number of amides is 1. The Morgan fingerprint density at radius 3 is 2.83 bits per heavy atom. The van der Waals surface area contributed by atoms with Gasteiger partial charge in [0, 0.05) is 39.2 Å². The van der Waals surface area contributed by atoms with E-state index >= 15 is 0 Å². The summed E-state index contributed by atoms with van der Waals surface area (Å²) in [7, 11) is 0. The molecule has 0 saturated carbocycles. The van der Waals surface area contributed by atoms with E-state index in [0.29, 0.717) is 44.0 Å². The monoisotopic (exact) mass is 337 g/mol. The van der Waals surface area contributed by atoms with E-state index in [1.165, 1.54) is 4.90 Å². The van der Waals surface area contributed by atoms with Crippen molar-refractivity contribution in [1.82, 2.24) is 24.9 Å². The Morgan fingerprint density at radius 2 is 2.12 bits per heavy atom. The number of pyridine rings is 1. The van der Waals surface area contributed by atoms with Crippen LogP contribution in [-0.2, 0) is 6.54 Å². The first-order chi connectivity index (χ1) is 11.5. The minimum atomic E-state index is -0.941. The van der Waals surface area contributed by atoms with Crippen molar-refractivity contribution < 1.29 is 18.1 Å². The van der Waals surface area contributed by atoms with Gasteiger partial charge in [-0.2, -0.15) is 4.98 Å². The minimum Gasteiger partial charge on any atom is -0.340 e. The van der Waals surface area contributed by atoms with Gasteiger partial charge in [0.1, 0.15) is 5.82 Å². The van der Waals surface area contributed by atoms with Crippen LogP contribution in [-0.4, -0.2) is 57.0 Å². The lowest BCUT2D eigenvalue weighted by Crippen LogP contribution is -2.36. The summed E-state index contributed by atoms with van der Waals surface area (Å²) < 4.78 is 31.6. The lowest BCUT2D eigenvalue weighted by molar-refractivity contribution is 0.0749. The number of hydrogen-bond acceptors (Lipinski definition) is 6. The van der Waals surface area contributed by atoms with Gasteiger partial charge >= 0.3 is 0 Å². The first kappa shape index (κ1) is 16.4. The average Bonchev–Trinajstić information content (AvgIpc) is 2.80. The maximum atomic E-state index is 13.7. The predicted molar refractivity (Wildman–Crippen MR) is 79.0 cm³/mol. The van der Waals surface area contributed by atoms with Gasteiger partial charge in [-0.25, -0.2) is 13.8 Å². The van der Waals surface area contributed by atoms with Gasteiger partial charge in [0.2, 0.25) is 5.89 Å². The van der Waals surface area contributed by atoms with Crippen molar-refractivity contribution in [3.05, 3.63) is 41.3 Å². The molecule has 2 aromatic rings. The molecule has 3 heterocycles. The Balaban J connectivity index is 1.63. The van der Waals surface area contributed by atoms with Crippen LogP contribution >= 0.6 is 0 Å². The third kappa shape index (κ3) is 3.73. The number of carbonyl (C=O) groups excluding carboxylic acids is 1. The molecule has 0 aromatic carbocycles. The zero-order valence-electron chi connectivity index (χ0n) is 13.2. The number of carbonyl (C=O) groups is 1. The molecular formula is C15H17F2N5O2. The van der Waals surface area contributed by atoms with Crippen molar-refractivity contribution >= 4 is 5.91 Å². The summed E-state index contributed by atoms with van der Waals surface area (Å²) in [6.45, 7) is 4.53. The lowest BCUT2D eigenvalue weighted by atomic mass is 10.3. The van der Waals surface area contributed by atoms with E-state index in [4.69, 9.17) is 4.52 Å². The normalized spacial score (nSPS) is 16.2. The molecule has 1 saturated heterocycles. The van der Waals surface area contributed by atoms with Crippen LogP contribution in [0.2, 0.25) is 0 Å². The van der Waals surface area contributed by atoms with E-state index < -0.39 is 17.5 Å². The molecule has 1 aliphatic heterocycles. The second-order valence-corrected chi connectivity index (χ2v) is 5.64. The van der Waals surface area contributed by atoms with Crippen molar-refractivity contribution in [1.29, 1.82) is 0 Å². The highest BCUT2D eigenvalue weighted by Gasteiger charge is 2.24. The molecule has 9 heteroatoms. The molecule has 1 fully saturated rings. The van der Waals surface area contributed by atoms with Crippen LogP contribution in [0.25, 0.3) is 0 Å². The topological polar surface area (TPSA) is 75.4 Å². The van der Waals surface area contributed by atoms with Crippen molar-refractivity contribution in [2.24, 2.45) is 0 Å². The Labute approximate surface area is 137 Å². The summed E-state index contributed by atoms with van der Waals surface area (Å²) in [6.07, 6.45) is 1.57. The van der Waals surface area contributed by atoms with Crippen LogP contribution in [0.15, 0.2) is 16.8 Å². The summed E-state index contributed by atoms with van der Waals surface area (Å²) in [6, 6.07) is 0.670. The van der Waals surface area contributed by atoms with E-state index in [0.717, 1.165) is 19.2 Å². The standard InChI is InChI=1S/C15H17F2N5O2/c1-10-19-13(20-24-10)9-21-3-2-4-22(6-5-21)15(23)14-12(17)7-11(16)8-18-14/h7-8H,2-6,9H2,1H3. The molecule has 3 rings (SSSR count). The quantitative estimate of drug-likeness (QED) is 0.843. The highest BCUT2D eigenvalue weighted by atomic mass is 19.1. The van der Waals surface area contributed by atoms with Gasteiger partial charge < -0.3 is 9.42 Å². The fourth-order valence-electron chi connectivity index (χ4n) is 2.66. The maximum absolute atomic E-state index is 13.7. The third-order valence-corrected chi connectivity index (χ3v) is 3.82. The smallest absolute Gasteiger partial charge is 0.275 e. The molecule has 0 bridgehead atoms. The molecule has 0 atom stereocenters. The lowest BCUT2D eigenvalue weighted by Gasteiger charge is -2.21. The first-order valence-corrected chi connectivity index (χ1v) is 7.65. The number of rotatable bonds is 3. The number of nitrogens with zero attached hydrogens (tertiary/aromatic N) is 5. The Kier molecular flexibility index (Phi) is 4.79. The molecule has 128 valence electrons. The van der Waals surface area contributed by atoms with Crippen LogP contribution < -0.4 is 0 Å². The number of hydrogen-bond donors (Lipinski definition) is 0. The Bertz CT molecular complexity index is 736. The molecule has 0 N–H and O–H groups in total. The molecular weight excluding hydrogens is 320 g/mol. The fraction of sp³-hybridized carbons (Fsp3) is 0.467. The van der Waals surface area contributed by atoms with E-state index in [9.17, 15) is 13.6 Å². The van der Waals surface area contributed by atoms with E-state index in [1.807, 2.05) is 0 Å². The van der Waals surface area contributed by atoms with Gasteiger partial charge in [-0.15, -0.1) is 0 Å². The molecule has 1 amide bonds. The van der Waals surface area contributed by atoms with Gasteiger partial charge in [0.15, 0.2) is 17.3 Å². The van der Waals surface area contributed by atoms with Crippen LogP contribution in [0.5, 0.6) is 0 Å². The summed E-state index contributed by atoms with van der Waals surface area (Å²) in [5.41, 5.74) is -0.348. The number of aromatic nitrogens is 3. The molecule has 2 aromatic heterocycles. The van der Waals surface area contributed by atoms with Crippen LogP contribution in [0.1, 0.15) is 28.6 Å². The molecule has 0 aliphatic carbocycles. The predicted octanol–water partition coefficient (Wildman–Crippen LogP) is 1.40. The first-order valence-electron chi connectivity index (χ1n) is 7.65. The summed E-state index contributed by atoms with van der Waals surface area (Å²) in [5, 5.41) is 3.86. The van der Waals surface area contributed by atoms with Crippen molar-refractivity contribution in [3.8, 4) is 0 Å². The fourth-order valence-corrected chi connectivity index (χ4v) is 2.66. The van der Waals surface area contributed by atoms with Gasteiger partial charge in [0.25, 0.3) is 5.91 Å². The number of halogens is 2. The van der Waals surface area contributed by atoms with Gasteiger partial charge in [-0.05, 0) is 6.42 Å². The third-order valence-electron chi connectivity index (χ3n) is 3.82. The molecule has 0 radical (unpaired) electrons. The zero-order valence-corrected chi connectivity index (χ0v) is 13.2. The molecule has 1 aliphatic rings. The van der Waals surface area contributed by atoms with E-state index in [2.05, 4.69) is 20.0 Å². The molecule has 7 nitrogen and oxygen atoms in total. The van der Waals surface area contributed by atoms with Crippen molar-refractivity contribution in [2.45, 2.75) is 19.9 Å². The largest absolute Gasteiger partial charge is 0.340 e. The Hall–Kier alpha value is -2.42. The van der Waals surface area contributed by atoms with Gasteiger partial charge in [-0.3, -0.25) is 9.69 Å². The highest BCUT2D eigenvalue weighted by molar-refractivity contribution is 5.92. The SMILES string of the molecule is Cc1nc(CN2CCCN(C(=O)c3ncc(F)cc3F)CC2)no1. The van der Waals surface area contributed by atoms with Crippen molar-refractivity contribution in [2.75, 3.05) is 26.2 Å². The summed E-state index contributed by atoms with van der Waals surface area (Å²) in [4.78, 5) is 23.8. The Morgan fingerprint density at radius 1 is 1.29 bits per heavy atom. The molecule has 24 heavy (non-hydrogen) atoms. The maximum Gasteiger partial charge on any atom is 0.275 e. The number of aryl methyl sites for hydroxylation is 1. The van der Waals surface area contributed by atoms with Crippen LogP contribution in [0.4, 0.5) is 8.78 Å².